The van der Waals surface area contributed by atoms with Crippen molar-refractivity contribution >= 4 is 0 Å². The molecule has 4 heteroatoms. The van der Waals surface area contributed by atoms with Crippen LogP contribution >= 0.6 is 0 Å². The molecule has 0 bridgehead atoms. The topological polar surface area (TPSA) is 39.7 Å². The minimum Gasteiger partial charge on any atom is -0.492 e. The van der Waals surface area contributed by atoms with Gasteiger partial charge in [0.1, 0.15) is 12.4 Å². The SMILES string of the molecule is c1ccc(OCCNC2CCOC3(CCOC3)C2)cc1. The highest BCUT2D eigenvalue weighted by atomic mass is 16.6. The van der Waals surface area contributed by atoms with Crippen LogP contribution in [-0.4, -0.2) is 44.6 Å². The molecule has 3 rings (SSSR count). The van der Waals surface area contributed by atoms with Crippen LogP contribution in [0, 0.1) is 0 Å². The van der Waals surface area contributed by atoms with Crippen LogP contribution in [0.25, 0.3) is 0 Å². The zero-order valence-electron chi connectivity index (χ0n) is 11.8. The van der Waals surface area contributed by atoms with Crippen molar-refractivity contribution in [2.24, 2.45) is 0 Å². The van der Waals surface area contributed by atoms with E-state index in [1.54, 1.807) is 0 Å². The van der Waals surface area contributed by atoms with Crippen LogP contribution < -0.4 is 10.1 Å². The van der Waals surface area contributed by atoms with E-state index in [-0.39, 0.29) is 5.60 Å². The lowest BCUT2D eigenvalue weighted by molar-refractivity contribution is -0.0894. The van der Waals surface area contributed by atoms with Crippen LogP contribution in [0.5, 0.6) is 5.75 Å². The molecule has 0 aliphatic carbocycles. The Kier molecular flexibility index (Phi) is 4.55. The highest BCUT2D eigenvalue weighted by Crippen LogP contribution is 2.32. The highest BCUT2D eigenvalue weighted by Gasteiger charge is 2.40. The number of benzene rings is 1. The van der Waals surface area contributed by atoms with Crippen molar-refractivity contribution in [3.8, 4) is 5.75 Å². The molecule has 0 saturated carbocycles. The summed E-state index contributed by atoms with van der Waals surface area (Å²) < 4.78 is 17.1. The van der Waals surface area contributed by atoms with Crippen LogP contribution in [-0.2, 0) is 9.47 Å². The number of ether oxygens (including phenoxy) is 3. The van der Waals surface area contributed by atoms with E-state index in [0.29, 0.717) is 12.6 Å². The van der Waals surface area contributed by atoms with E-state index in [1.807, 2.05) is 30.3 Å². The van der Waals surface area contributed by atoms with Gasteiger partial charge in [-0.15, -0.1) is 0 Å². The van der Waals surface area contributed by atoms with Gasteiger partial charge in [-0.1, -0.05) is 18.2 Å². The molecule has 0 radical (unpaired) electrons. The first-order valence-electron chi connectivity index (χ1n) is 7.49. The molecule has 20 heavy (non-hydrogen) atoms. The predicted molar refractivity (Wildman–Crippen MR) is 77.1 cm³/mol. The first-order valence-corrected chi connectivity index (χ1v) is 7.49. The van der Waals surface area contributed by atoms with Gasteiger partial charge in [0, 0.05) is 32.2 Å². The Morgan fingerprint density at radius 3 is 2.95 bits per heavy atom. The van der Waals surface area contributed by atoms with Crippen LogP contribution in [0.4, 0.5) is 0 Å². The minimum absolute atomic E-state index is 0.0177. The average Bonchev–Trinajstić information content (AvgIpc) is 2.93. The third kappa shape index (κ3) is 3.51. The van der Waals surface area contributed by atoms with Crippen molar-refractivity contribution in [1.29, 1.82) is 0 Å². The zero-order valence-corrected chi connectivity index (χ0v) is 11.8. The molecule has 1 aromatic carbocycles. The fourth-order valence-electron chi connectivity index (χ4n) is 3.01. The number of hydrogen-bond acceptors (Lipinski definition) is 4. The van der Waals surface area contributed by atoms with Crippen LogP contribution in [0.3, 0.4) is 0 Å². The Bertz CT molecular complexity index is 403. The molecule has 2 aliphatic rings. The van der Waals surface area contributed by atoms with E-state index in [0.717, 1.165) is 51.4 Å². The predicted octanol–water partition coefficient (Wildman–Crippen LogP) is 1.99. The fraction of sp³-hybridized carbons (Fsp3) is 0.625. The second-order valence-electron chi connectivity index (χ2n) is 5.64. The summed E-state index contributed by atoms with van der Waals surface area (Å²) in [6, 6.07) is 10.5. The Labute approximate surface area is 120 Å². The second-order valence-corrected chi connectivity index (χ2v) is 5.64. The van der Waals surface area contributed by atoms with Gasteiger partial charge in [0.15, 0.2) is 0 Å². The summed E-state index contributed by atoms with van der Waals surface area (Å²) in [7, 11) is 0. The van der Waals surface area contributed by atoms with E-state index >= 15 is 0 Å². The molecule has 110 valence electrons. The van der Waals surface area contributed by atoms with E-state index in [9.17, 15) is 0 Å². The third-order valence-electron chi connectivity index (χ3n) is 4.11. The molecule has 0 amide bonds. The van der Waals surface area contributed by atoms with E-state index < -0.39 is 0 Å². The fourth-order valence-corrected chi connectivity index (χ4v) is 3.01. The number of para-hydroxylation sites is 1. The molecule has 2 aliphatic heterocycles. The van der Waals surface area contributed by atoms with Crippen molar-refractivity contribution in [3.05, 3.63) is 30.3 Å². The van der Waals surface area contributed by atoms with Gasteiger partial charge in [0.05, 0.1) is 12.2 Å². The van der Waals surface area contributed by atoms with E-state index in [2.05, 4.69) is 5.32 Å². The lowest BCUT2D eigenvalue weighted by Crippen LogP contribution is -2.48. The minimum atomic E-state index is -0.0177. The standard InChI is InChI=1S/C16H23NO3/c1-2-4-15(5-3-1)19-11-8-17-14-6-9-20-16(12-14)7-10-18-13-16/h1-5,14,17H,6-13H2. The van der Waals surface area contributed by atoms with E-state index in [1.165, 1.54) is 0 Å². The summed E-state index contributed by atoms with van der Waals surface area (Å²) in [6.07, 6.45) is 3.16. The van der Waals surface area contributed by atoms with Gasteiger partial charge < -0.3 is 19.5 Å². The van der Waals surface area contributed by atoms with Gasteiger partial charge >= 0.3 is 0 Å². The largest absolute Gasteiger partial charge is 0.492 e. The zero-order chi connectivity index (χ0) is 13.7. The lowest BCUT2D eigenvalue weighted by Gasteiger charge is -2.37. The second kappa shape index (κ2) is 6.57. The molecule has 1 N–H and O–H groups in total. The van der Waals surface area contributed by atoms with Crippen molar-refractivity contribution in [3.63, 3.8) is 0 Å². The van der Waals surface area contributed by atoms with E-state index in [4.69, 9.17) is 14.2 Å². The van der Waals surface area contributed by atoms with Crippen molar-refractivity contribution in [2.75, 3.05) is 33.0 Å². The maximum atomic E-state index is 5.94. The molecular formula is C16H23NO3. The van der Waals surface area contributed by atoms with Crippen LogP contribution in [0.15, 0.2) is 30.3 Å². The molecule has 2 heterocycles. The maximum Gasteiger partial charge on any atom is 0.119 e. The number of nitrogens with one attached hydrogen (secondary N) is 1. The van der Waals surface area contributed by atoms with Gasteiger partial charge in [-0.3, -0.25) is 0 Å². The summed E-state index contributed by atoms with van der Waals surface area (Å²) in [5, 5.41) is 3.58. The van der Waals surface area contributed by atoms with Gasteiger partial charge in [0.2, 0.25) is 0 Å². The molecule has 0 aromatic heterocycles. The third-order valence-corrected chi connectivity index (χ3v) is 4.11. The first-order chi connectivity index (χ1) is 9.86. The van der Waals surface area contributed by atoms with Gasteiger partial charge in [-0.05, 0) is 25.0 Å². The Morgan fingerprint density at radius 2 is 2.15 bits per heavy atom. The number of hydrogen-bond donors (Lipinski definition) is 1. The summed E-state index contributed by atoms with van der Waals surface area (Å²) in [5.74, 6) is 0.932. The molecule has 2 unspecified atom stereocenters. The van der Waals surface area contributed by atoms with Crippen LogP contribution in [0.2, 0.25) is 0 Å². The van der Waals surface area contributed by atoms with Gasteiger partial charge in [-0.2, -0.15) is 0 Å². The van der Waals surface area contributed by atoms with Crippen molar-refractivity contribution < 1.29 is 14.2 Å². The van der Waals surface area contributed by atoms with Crippen molar-refractivity contribution in [2.45, 2.75) is 30.9 Å². The molecule has 2 saturated heterocycles. The lowest BCUT2D eigenvalue weighted by atomic mass is 9.90. The Hall–Kier alpha value is -1.10. The van der Waals surface area contributed by atoms with Gasteiger partial charge in [-0.25, -0.2) is 0 Å². The average molecular weight is 277 g/mol. The molecule has 2 fully saturated rings. The molecule has 2 atom stereocenters. The van der Waals surface area contributed by atoms with Crippen molar-refractivity contribution in [1.82, 2.24) is 5.32 Å². The molecule has 1 aromatic rings. The summed E-state index contributed by atoms with van der Waals surface area (Å²) in [6.45, 7) is 4.00. The molecular weight excluding hydrogens is 254 g/mol. The quantitative estimate of drug-likeness (QED) is 0.836. The summed E-state index contributed by atoms with van der Waals surface area (Å²) >= 11 is 0. The monoisotopic (exact) mass is 277 g/mol. The molecule has 4 nitrogen and oxygen atoms in total. The summed E-state index contributed by atoms with van der Waals surface area (Å²) in [5.41, 5.74) is -0.0177. The first kappa shape index (κ1) is 13.9. The smallest absolute Gasteiger partial charge is 0.119 e. The Morgan fingerprint density at radius 1 is 1.25 bits per heavy atom. The maximum absolute atomic E-state index is 5.94. The highest BCUT2D eigenvalue weighted by molar-refractivity contribution is 5.20. The number of rotatable bonds is 5. The molecule has 1 spiro atoms. The normalized spacial score (nSPS) is 29.7. The summed E-state index contributed by atoms with van der Waals surface area (Å²) in [4.78, 5) is 0. The Balaban J connectivity index is 1.38. The van der Waals surface area contributed by atoms with Gasteiger partial charge in [0.25, 0.3) is 0 Å². The van der Waals surface area contributed by atoms with Crippen LogP contribution in [0.1, 0.15) is 19.3 Å².